The maximum absolute atomic E-state index is 11.1. The Labute approximate surface area is 111 Å². The van der Waals surface area contributed by atoms with Gasteiger partial charge in [0, 0.05) is 17.4 Å². The van der Waals surface area contributed by atoms with E-state index in [1.165, 1.54) is 18.0 Å². The van der Waals surface area contributed by atoms with Crippen LogP contribution in [-0.2, 0) is 9.84 Å². The average Bonchev–Trinajstić information content (AvgIpc) is 2.27. The summed E-state index contributed by atoms with van der Waals surface area (Å²) in [4.78, 5) is 8.73. The molecule has 0 unspecified atom stereocenters. The number of aryl methyl sites for hydroxylation is 1. The number of aromatic nitrogens is 2. The predicted octanol–water partition coefficient (Wildman–Crippen LogP) is 2.07. The van der Waals surface area contributed by atoms with Crippen LogP contribution in [-0.4, -0.2) is 36.1 Å². The maximum Gasteiger partial charge on any atom is 0.148 e. The van der Waals surface area contributed by atoms with Gasteiger partial charge in [-0.05, 0) is 13.0 Å². The first-order valence-corrected chi connectivity index (χ1v) is 8.54. The molecule has 0 spiro atoms. The van der Waals surface area contributed by atoms with Crippen LogP contribution in [0.25, 0.3) is 10.9 Å². The van der Waals surface area contributed by atoms with Gasteiger partial charge in [-0.25, -0.2) is 18.4 Å². The van der Waals surface area contributed by atoms with Gasteiger partial charge in [0.2, 0.25) is 0 Å². The number of thioether (sulfide) groups is 1. The van der Waals surface area contributed by atoms with E-state index in [0.29, 0.717) is 11.6 Å². The second kappa shape index (κ2) is 5.24. The molecule has 0 fully saturated rings. The van der Waals surface area contributed by atoms with Crippen LogP contribution < -0.4 is 0 Å². The molecule has 2 rings (SSSR count). The fraction of sp³-hybridized carbons (Fsp3) is 0.333. The fourth-order valence-electron chi connectivity index (χ4n) is 1.56. The van der Waals surface area contributed by atoms with Crippen molar-refractivity contribution in [2.45, 2.75) is 11.9 Å². The molecule has 6 heteroatoms. The highest BCUT2D eigenvalue weighted by atomic mass is 32.2. The Kier molecular flexibility index (Phi) is 3.87. The summed E-state index contributed by atoms with van der Waals surface area (Å²) in [5.74, 6) is 1.38. The van der Waals surface area contributed by atoms with Crippen LogP contribution >= 0.6 is 11.8 Å². The molecular formula is C12H14N2O2S2. The molecule has 0 atom stereocenters. The van der Waals surface area contributed by atoms with Crippen molar-refractivity contribution in [3.8, 4) is 0 Å². The molecule has 4 nitrogen and oxygen atoms in total. The first-order valence-electron chi connectivity index (χ1n) is 5.49. The molecule has 18 heavy (non-hydrogen) atoms. The number of hydrogen-bond donors (Lipinski definition) is 0. The highest BCUT2D eigenvalue weighted by Crippen LogP contribution is 2.25. The van der Waals surface area contributed by atoms with Gasteiger partial charge in [0.1, 0.15) is 20.7 Å². The number of nitrogens with zero attached hydrogens (tertiary/aromatic N) is 2. The predicted molar refractivity (Wildman–Crippen MR) is 74.7 cm³/mol. The first kappa shape index (κ1) is 13.3. The third-order valence-corrected chi connectivity index (χ3v) is 4.57. The standard InChI is InChI=1S/C12H14N2O2S2/c1-9-13-11-6-4-3-5-10(11)12(14-9)17-7-8-18(2,15)16/h3-6H,7-8H2,1-2H3. The Morgan fingerprint density at radius 2 is 1.94 bits per heavy atom. The molecule has 0 N–H and O–H groups in total. The van der Waals surface area contributed by atoms with Gasteiger partial charge in [0.05, 0.1) is 11.3 Å². The molecule has 96 valence electrons. The summed E-state index contributed by atoms with van der Waals surface area (Å²) in [6.45, 7) is 1.84. The molecule has 0 saturated carbocycles. The van der Waals surface area contributed by atoms with Gasteiger partial charge >= 0.3 is 0 Å². The van der Waals surface area contributed by atoms with Gasteiger partial charge in [-0.15, -0.1) is 11.8 Å². The van der Waals surface area contributed by atoms with Crippen molar-refractivity contribution in [1.82, 2.24) is 9.97 Å². The summed E-state index contributed by atoms with van der Waals surface area (Å²) in [5, 5.41) is 1.82. The normalized spacial score (nSPS) is 11.9. The smallest absolute Gasteiger partial charge is 0.148 e. The van der Waals surface area contributed by atoms with Crippen molar-refractivity contribution in [2.24, 2.45) is 0 Å². The average molecular weight is 282 g/mol. The molecule has 0 amide bonds. The Hall–Kier alpha value is -1.14. The Balaban J connectivity index is 2.27. The minimum Gasteiger partial charge on any atom is -0.233 e. The lowest BCUT2D eigenvalue weighted by molar-refractivity contribution is 0.603. The third kappa shape index (κ3) is 3.43. The lowest BCUT2D eigenvalue weighted by atomic mass is 10.2. The SMILES string of the molecule is Cc1nc(SCCS(C)(=O)=O)c2ccccc2n1. The highest BCUT2D eigenvalue weighted by molar-refractivity contribution is 8.00. The summed E-state index contributed by atoms with van der Waals surface area (Å²) in [7, 11) is -2.92. The zero-order valence-electron chi connectivity index (χ0n) is 10.3. The lowest BCUT2D eigenvalue weighted by Gasteiger charge is -2.05. The van der Waals surface area contributed by atoms with Gasteiger partial charge in [0.25, 0.3) is 0 Å². The van der Waals surface area contributed by atoms with Crippen molar-refractivity contribution < 1.29 is 8.42 Å². The summed E-state index contributed by atoms with van der Waals surface area (Å²) in [6.07, 6.45) is 1.25. The molecule has 0 aliphatic rings. The highest BCUT2D eigenvalue weighted by Gasteiger charge is 2.08. The summed E-state index contributed by atoms with van der Waals surface area (Å²) in [5.41, 5.74) is 0.895. The van der Waals surface area contributed by atoms with E-state index in [1.54, 1.807) is 0 Å². The van der Waals surface area contributed by atoms with E-state index in [2.05, 4.69) is 9.97 Å². The number of fused-ring (bicyclic) bond motifs is 1. The number of rotatable bonds is 4. The quantitative estimate of drug-likeness (QED) is 0.634. The topological polar surface area (TPSA) is 59.9 Å². The van der Waals surface area contributed by atoms with E-state index >= 15 is 0 Å². The second-order valence-corrected chi connectivity index (χ2v) is 7.41. The zero-order valence-corrected chi connectivity index (χ0v) is 11.9. The summed E-state index contributed by atoms with van der Waals surface area (Å²) >= 11 is 1.46. The number of sulfone groups is 1. The molecule has 0 aliphatic heterocycles. The van der Waals surface area contributed by atoms with Gasteiger partial charge < -0.3 is 0 Å². The van der Waals surface area contributed by atoms with Crippen LogP contribution in [0.15, 0.2) is 29.3 Å². The first-order chi connectivity index (χ1) is 8.46. The molecule has 0 radical (unpaired) electrons. The Morgan fingerprint density at radius 3 is 2.67 bits per heavy atom. The van der Waals surface area contributed by atoms with Crippen molar-refractivity contribution in [2.75, 3.05) is 17.8 Å². The molecule has 2 aromatic rings. The van der Waals surface area contributed by atoms with E-state index in [-0.39, 0.29) is 5.75 Å². The van der Waals surface area contributed by atoms with Crippen molar-refractivity contribution in [3.63, 3.8) is 0 Å². The summed E-state index contributed by atoms with van der Waals surface area (Å²) in [6, 6.07) is 7.75. The van der Waals surface area contributed by atoms with Crippen LogP contribution in [0.2, 0.25) is 0 Å². The largest absolute Gasteiger partial charge is 0.233 e. The fourth-order valence-corrected chi connectivity index (χ4v) is 3.82. The van der Waals surface area contributed by atoms with E-state index < -0.39 is 9.84 Å². The molecule has 0 saturated heterocycles. The van der Waals surface area contributed by atoms with E-state index in [1.807, 2.05) is 31.2 Å². The van der Waals surface area contributed by atoms with Crippen molar-refractivity contribution in [1.29, 1.82) is 0 Å². The van der Waals surface area contributed by atoms with Crippen molar-refractivity contribution in [3.05, 3.63) is 30.1 Å². The minimum absolute atomic E-state index is 0.162. The maximum atomic E-state index is 11.1. The van der Waals surface area contributed by atoms with E-state index in [0.717, 1.165) is 15.9 Å². The lowest BCUT2D eigenvalue weighted by Crippen LogP contribution is -2.05. The second-order valence-electron chi connectivity index (χ2n) is 4.07. The molecule has 1 aromatic carbocycles. The Morgan fingerprint density at radius 1 is 1.22 bits per heavy atom. The van der Waals surface area contributed by atoms with Gasteiger partial charge in [-0.3, -0.25) is 0 Å². The molecule has 0 bridgehead atoms. The third-order valence-electron chi connectivity index (χ3n) is 2.37. The van der Waals surface area contributed by atoms with E-state index in [9.17, 15) is 8.42 Å². The zero-order chi connectivity index (χ0) is 13.2. The number of hydrogen-bond acceptors (Lipinski definition) is 5. The number of para-hydroxylation sites is 1. The monoisotopic (exact) mass is 282 g/mol. The summed E-state index contributed by atoms with van der Waals surface area (Å²) < 4.78 is 22.2. The van der Waals surface area contributed by atoms with Crippen LogP contribution in [0.1, 0.15) is 5.82 Å². The molecule has 1 aromatic heterocycles. The molecular weight excluding hydrogens is 268 g/mol. The van der Waals surface area contributed by atoms with Crippen LogP contribution in [0.3, 0.4) is 0 Å². The van der Waals surface area contributed by atoms with Gasteiger partial charge in [0.15, 0.2) is 0 Å². The molecule has 0 aliphatic carbocycles. The molecule has 1 heterocycles. The Bertz CT molecular complexity index is 669. The van der Waals surface area contributed by atoms with Crippen LogP contribution in [0, 0.1) is 6.92 Å². The van der Waals surface area contributed by atoms with E-state index in [4.69, 9.17) is 0 Å². The van der Waals surface area contributed by atoms with Gasteiger partial charge in [-0.1, -0.05) is 18.2 Å². The van der Waals surface area contributed by atoms with Gasteiger partial charge in [-0.2, -0.15) is 0 Å². The van der Waals surface area contributed by atoms with Crippen LogP contribution in [0.5, 0.6) is 0 Å². The number of benzene rings is 1. The minimum atomic E-state index is -2.92. The van der Waals surface area contributed by atoms with Crippen molar-refractivity contribution >= 4 is 32.5 Å². The van der Waals surface area contributed by atoms with Crippen LogP contribution in [0.4, 0.5) is 0 Å².